The minimum Gasteiger partial charge on any atom is -0.465 e. The van der Waals surface area contributed by atoms with Crippen molar-refractivity contribution in [1.82, 2.24) is 20.1 Å². The molecule has 0 aromatic carbocycles. The molecule has 1 aromatic rings. The van der Waals surface area contributed by atoms with Gasteiger partial charge in [0.15, 0.2) is 5.16 Å². The summed E-state index contributed by atoms with van der Waals surface area (Å²) in [6.07, 6.45) is 2.02. The molecule has 0 amide bonds. The van der Waals surface area contributed by atoms with E-state index in [1.54, 1.807) is 11.5 Å². The van der Waals surface area contributed by atoms with Gasteiger partial charge in [-0.15, -0.1) is 5.10 Å². The average Bonchev–Trinajstić information content (AvgIpc) is 3.21. The van der Waals surface area contributed by atoms with Crippen LogP contribution in [0.2, 0.25) is 0 Å². The van der Waals surface area contributed by atoms with E-state index in [2.05, 4.69) is 15.5 Å². The summed E-state index contributed by atoms with van der Waals surface area (Å²) in [6.45, 7) is 6.55. The van der Waals surface area contributed by atoms with Crippen molar-refractivity contribution in [2.45, 2.75) is 50.4 Å². The Labute approximate surface area is 127 Å². The fraction of sp³-hybridized carbons (Fsp3) is 0.769. The van der Waals surface area contributed by atoms with E-state index in [1.165, 1.54) is 11.8 Å². The lowest BCUT2D eigenvalue weighted by Gasteiger charge is -2.27. The van der Waals surface area contributed by atoms with Gasteiger partial charge in [-0.05, 0) is 33.2 Å². The Hall–Kier alpha value is -1.28. The second-order valence-corrected chi connectivity index (χ2v) is 6.23. The molecule has 1 atom stereocenters. The fourth-order valence-corrected chi connectivity index (χ4v) is 3.24. The highest BCUT2D eigenvalue weighted by atomic mass is 32.2. The minimum absolute atomic E-state index is 0.179. The molecule has 2 N–H and O–H groups in total. The first-order valence-corrected chi connectivity index (χ1v) is 8.22. The van der Waals surface area contributed by atoms with Gasteiger partial charge in [0, 0.05) is 11.8 Å². The Kier molecular flexibility index (Phi) is 5.10. The van der Waals surface area contributed by atoms with E-state index >= 15 is 0 Å². The number of hydrogen-bond donors (Lipinski definition) is 2. The van der Waals surface area contributed by atoms with Gasteiger partial charge >= 0.3 is 11.7 Å². The number of thioether (sulfide) groups is 1. The van der Waals surface area contributed by atoms with E-state index in [9.17, 15) is 9.59 Å². The highest BCUT2D eigenvalue weighted by Gasteiger charge is 2.35. The van der Waals surface area contributed by atoms with Gasteiger partial charge in [0.05, 0.1) is 6.61 Å². The van der Waals surface area contributed by atoms with Crippen molar-refractivity contribution in [1.29, 1.82) is 0 Å². The van der Waals surface area contributed by atoms with Gasteiger partial charge in [0.25, 0.3) is 0 Å². The van der Waals surface area contributed by atoms with Crippen molar-refractivity contribution < 1.29 is 9.53 Å². The normalized spacial score (nSPS) is 17.5. The number of nitrogens with zero attached hydrogens (tertiary/aromatic N) is 2. The zero-order valence-corrected chi connectivity index (χ0v) is 13.5. The topological polar surface area (TPSA) is 89.0 Å². The highest BCUT2D eigenvalue weighted by Crippen LogP contribution is 2.36. The number of carbonyl (C=O) groups is 1. The number of likely N-dealkylation sites (N-methyl/N-ethyl adjacent to an activating group) is 1. The Morgan fingerprint density at radius 2 is 2.29 bits per heavy atom. The Morgan fingerprint density at radius 1 is 1.57 bits per heavy atom. The summed E-state index contributed by atoms with van der Waals surface area (Å²) in [5.74, 6) is 0.173. The molecule has 1 unspecified atom stereocenters. The lowest BCUT2D eigenvalue weighted by atomic mass is 10.1. The van der Waals surface area contributed by atoms with Gasteiger partial charge in [0.2, 0.25) is 0 Å². The molecule has 0 bridgehead atoms. The lowest BCUT2D eigenvalue weighted by Crippen LogP contribution is -2.52. The van der Waals surface area contributed by atoms with E-state index in [-0.39, 0.29) is 17.7 Å². The van der Waals surface area contributed by atoms with E-state index in [4.69, 9.17) is 4.74 Å². The fourth-order valence-electron chi connectivity index (χ4n) is 2.12. The van der Waals surface area contributed by atoms with E-state index < -0.39 is 5.54 Å². The Bertz CT molecular complexity index is 552. The molecule has 2 rings (SSSR count). The first kappa shape index (κ1) is 16.1. The monoisotopic (exact) mass is 314 g/mol. The molecule has 1 heterocycles. The number of esters is 1. The molecule has 0 spiro atoms. The molecule has 118 valence electrons. The third-order valence-electron chi connectivity index (χ3n) is 3.37. The minimum atomic E-state index is -0.793. The van der Waals surface area contributed by atoms with Crippen LogP contribution in [0.3, 0.4) is 0 Å². The molecule has 1 aliphatic rings. The summed E-state index contributed by atoms with van der Waals surface area (Å²) in [4.78, 5) is 23.9. The van der Waals surface area contributed by atoms with Crippen LogP contribution in [0, 0.1) is 0 Å². The van der Waals surface area contributed by atoms with Gasteiger partial charge in [-0.3, -0.25) is 9.36 Å². The standard InChI is InChI=1S/C13H22N4O3S/c1-4-14-13(3,10(18)20-5-2)8-21-12-16-15-11(19)17(12)9-6-7-9/h9,14H,4-8H2,1-3H3,(H,15,19). The molecule has 0 radical (unpaired) electrons. The lowest BCUT2D eigenvalue weighted by molar-refractivity contribution is -0.149. The summed E-state index contributed by atoms with van der Waals surface area (Å²) in [6, 6.07) is 0.256. The van der Waals surface area contributed by atoms with E-state index in [0.717, 1.165) is 12.8 Å². The molecule has 8 heteroatoms. The van der Waals surface area contributed by atoms with Crippen LogP contribution in [0.25, 0.3) is 0 Å². The molecule has 1 fully saturated rings. The van der Waals surface area contributed by atoms with Crippen LogP contribution in [-0.2, 0) is 9.53 Å². The number of nitrogens with one attached hydrogen (secondary N) is 2. The number of carbonyl (C=O) groups excluding carboxylic acids is 1. The quantitative estimate of drug-likeness (QED) is 0.548. The van der Waals surface area contributed by atoms with Crippen molar-refractivity contribution >= 4 is 17.7 Å². The molecular formula is C13H22N4O3S. The Balaban J connectivity index is 2.08. The van der Waals surface area contributed by atoms with Crippen LogP contribution in [0.5, 0.6) is 0 Å². The highest BCUT2D eigenvalue weighted by molar-refractivity contribution is 7.99. The second kappa shape index (κ2) is 6.65. The summed E-state index contributed by atoms with van der Waals surface area (Å²) < 4.78 is 6.81. The van der Waals surface area contributed by atoms with Crippen LogP contribution in [0.1, 0.15) is 39.7 Å². The van der Waals surface area contributed by atoms with Crippen LogP contribution >= 0.6 is 11.8 Å². The first-order chi connectivity index (χ1) is 10.0. The maximum atomic E-state index is 12.1. The summed E-state index contributed by atoms with van der Waals surface area (Å²) in [5.41, 5.74) is -0.972. The molecule has 0 saturated heterocycles. The van der Waals surface area contributed by atoms with Crippen molar-refractivity contribution in [3.63, 3.8) is 0 Å². The first-order valence-electron chi connectivity index (χ1n) is 7.23. The van der Waals surface area contributed by atoms with Crippen LogP contribution < -0.4 is 11.0 Å². The SMILES string of the molecule is CCNC(C)(CSc1n[nH]c(=O)n1C1CC1)C(=O)OCC. The maximum absolute atomic E-state index is 12.1. The van der Waals surface area contributed by atoms with E-state index in [0.29, 0.717) is 24.1 Å². The number of hydrogen-bond acceptors (Lipinski definition) is 6. The number of aromatic nitrogens is 3. The molecule has 21 heavy (non-hydrogen) atoms. The number of H-pyrrole nitrogens is 1. The van der Waals surface area contributed by atoms with Crippen molar-refractivity contribution in [3.05, 3.63) is 10.5 Å². The molecule has 1 aliphatic carbocycles. The van der Waals surface area contributed by atoms with Crippen molar-refractivity contribution in [2.24, 2.45) is 0 Å². The number of ether oxygens (including phenoxy) is 1. The second-order valence-electron chi connectivity index (χ2n) is 5.28. The summed E-state index contributed by atoms with van der Waals surface area (Å²) in [5, 5.41) is 10.3. The van der Waals surface area contributed by atoms with Gasteiger partial charge in [-0.1, -0.05) is 18.7 Å². The van der Waals surface area contributed by atoms with Crippen molar-refractivity contribution in [3.8, 4) is 0 Å². The predicted molar refractivity (Wildman–Crippen MR) is 80.6 cm³/mol. The van der Waals surface area contributed by atoms with Crippen molar-refractivity contribution in [2.75, 3.05) is 18.9 Å². The van der Waals surface area contributed by atoms with Gasteiger partial charge in [-0.2, -0.15) is 0 Å². The largest absolute Gasteiger partial charge is 0.465 e. The zero-order valence-electron chi connectivity index (χ0n) is 12.6. The molecular weight excluding hydrogens is 292 g/mol. The zero-order chi connectivity index (χ0) is 15.5. The van der Waals surface area contributed by atoms with Crippen LogP contribution in [0.15, 0.2) is 9.95 Å². The average molecular weight is 314 g/mol. The third kappa shape index (κ3) is 3.68. The van der Waals surface area contributed by atoms with Gasteiger partial charge in [-0.25, -0.2) is 9.89 Å². The molecule has 7 nitrogen and oxygen atoms in total. The summed E-state index contributed by atoms with van der Waals surface area (Å²) in [7, 11) is 0. The Morgan fingerprint density at radius 3 is 2.86 bits per heavy atom. The summed E-state index contributed by atoms with van der Waals surface area (Å²) >= 11 is 1.39. The van der Waals surface area contributed by atoms with Gasteiger partial charge < -0.3 is 10.1 Å². The maximum Gasteiger partial charge on any atom is 0.344 e. The third-order valence-corrected chi connectivity index (χ3v) is 4.63. The van der Waals surface area contributed by atoms with Crippen LogP contribution in [-0.4, -0.2) is 45.2 Å². The molecule has 1 aromatic heterocycles. The predicted octanol–water partition coefficient (Wildman–Crippen LogP) is 0.930. The molecule has 1 saturated carbocycles. The van der Waals surface area contributed by atoms with E-state index in [1.807, 2.05) is 13.8 Å². The molecule has 0 aliphatic heterocycles. The number of rotatable bonds is 8. The smallest absolute Gasteiger partial charge is 0.344 e. The van der Waals surface area contributed by atoms with Gasteiger partial charge in [0.1, 0.15) is 5.54 Å². The van der Waals surface area contributed by atoms with Crippen LogP contribution in [0.4, 0.5) is 0 Å². The number of aromatic amines is 1.